The summed E-state index contributed by atoms with van der Waals surface area (Å²) in [6, 6.07) is 10.2. The number of nitro groups is 1. The predicted molar refractivity (Wildman–Crippen MR) is 103 cm³/mol. The van der Waals surface area contributed by atoms with E-state index in [1.54, 1.807) is 31.2 Å². The molecule has 0 bridgehead atoms. The lowest BCUT2D eigenvalue weighted by molar-refractivity contribution is -0.384. The topological polar surface area (TPSA) is 114 Å². The zero-order chi connectivity index (χ0) is 20.0. The summed E-state index contributed by atoms with van der Waals surface area (Å²) in [6.07, 6.45) is -0.0478. The molecular formula is C17H14Cl2N4O4. The highest BCUT2D eigenvalue weighted by atomic mass is 35.5. The number of anilines is 1. The van der Waals surface area contributed by atoms with Crippen molar-refractivity contribution in [1.82, 2.24) is 5.43 Å². The van der Waals surface area contributed by atoms with Gasteiger partial charge in [0.05, 0.1) is 11.3 Å². The van der Waals surface area contributed by atoms with E-state index in [1.165, 1.54) is 12.1 Å². The SMILES string of the molecule is C/C(CC(=O)Nc1cccc(Cl)c1)=N\NC(=O)c1ccc([N+](=O)[O-])c(Cl)c1. The van der Waals surface area contributed by atoms with E-state index < -0.39 is 10.8 Å². The molecule has 0 saturated heterocycles. The van der Waals surface area contributed by atoms with Gasteiger partial charge < -0.3 is 5.32 Å². The van der Waals surface area contributed by atoms with Crippen LogP contribution in [-0.4, -0.2) is 22.4 Å². The smallest absolute Gasteiger partial charge is 0.287 e. The van der Waals surface area contributed by atoms with Crippen LogP contribution >= 0.6 is 23.2 Å². The van der Waals surface area contributed by atoms with E-state index in [0.717, 1.165) is 6.07 Å². The fourth-order valence-corrected chi connectivity index (χ4v) is 2.49. The number of benzene rings is 2. The second kappa shape index (κ2) is 9.11. The summed E-state index contributed by atoms with van der Waals surface area (Å²) in [6.45, 7) is 1.57. The summed E-state index contributed by atoms with van der Waals surface area (Å²) < 4.78 is 0. The maximum absolute atomic E-state index is 12.0. The van der Waals surface area contributed by atoms with Crippen LogP contribution in [0.1, 0.15) is 23.7 Å². The van der Waals surface area contributed by atoms with Crippen LogP contribution in [0.3, 0.4) is 0 Å². The first-order chi connectivity index (χ1) is 12.8. The molecule has 0 spiro atoms. The molecule has 10 heteroatoms. The fraction of sp³-hybridized carbons (Fsp3) is 0.118. The quantitative estimate of drug-likeness (QED) is 0.426. The summed E-state index contributed by atoms with van der Waals surface area (Å²) in [5.41, 5.74) is 2.98. The third kappa shape index (κ3) is 6.05. The van der Waals surface area contributed by atoms with Crippen molar-refractivity contribution in [2.24, 2.45) is 5.10 Å². The molecule has 0 aliphatic carbocycles. The van der Waals surface area contributed by atoms with Crippen LogP contribution in [0, 0.1) is 10.1 Å². The van der Waals surface area contributed by atoms with Gasteiger partial charge in [0.25, 0.3) is 11.6 Å². The molecule has 0 aliphatic rings. The summed E-state index contributed by atoms with van der Waals surface area (Å²) in [5, 5.41) is 17.6. The maximum Gasteiger partial charge on any atom is 0.287 e. The predicted octanol–water partition coefficient (Wildman–Crippen LogP) is 4.04. The van der Waals surface area contributed by atoms with Crippen molar-refractivity contribution in [2.45, 2.75) is 13.3 Å². The summed E-state index contributed by atoms with van der Waals surface area (Å²) in [7, 11) is 0. The Labute approximate surface area is 164 Å². The first-order valence-corrected chi connectivity index (χ1v) is 8.34. The number of hydrogen-bond donors (Lipinski definition) is 2. The van der Waals surface area contributed by atoms with E-state index in [1.807, 2.05) is 0 Å². The van der Waals surface area contributed by atoms with Crippen molar-refractivity contribution < 1.29 is 14.5 Å². The van der Waals surface area contributed by atoms with Gasteiger partial charge in [0.2, 0.25) is 5.91 Å². The molecule has 0 unspecified atom stereocenters. The average Bonchev–Trinajstić information content (AvgIpc) is 2.59. The molecular weight excluding hydrogens is 395 g/mol. The van der Waals surface area contributed by atoms with Crippen molar-refractivity contribution >= 4 is 52.1 Å². The molecule has 2 N–H and O–H groups in total. The van der Waals surface area contributed by atoms with Gasteiger partial charge in [-0.05, 0) is 37.3 Å². The third-order valence-electron chi connectivity index (χ3n) is 3.28. The van der Waals surface area contributed by atoms with Crippen LogP contribution in [0.15, 0.2) is 47.6 Å². The van der Waals surface area contributed by atoms with Crippen molar-refractivity contribution in [2.75, 3.05) is 5.32 Å². The van der Waals surface area contributed by atoms with Crippen molar-refractivity contribution in [1.29, 1.82) is 0 Å². The summed E-state index contributed by atoms with van der Waals surface area (Å²) in [4.78, 5) is 34.1. The van der Waals surface area contributed by atoms with Crippen LogP contribution in [0.2, 0.25) is 10.0 Å². The number of nitro benzene ring substituents is 1. The van der Waals surface area contributed by atoms with Gasteiger partial charge in [-0.15, -0.1) is 0 Å². The molecule has 2 rings (SSSR count). The number of carbonyl (C=O) groups is 2. The normalized spacial score (nSPS) is 11.0. The first kappa shape index (κ1) is 20.3. The number of halogens is 2. The maximum atomic E-state index is 12.0. The van der Waals surface area contributed by atoms with Crippen LogP contribution in [0.5, 0.6) is 0 Å². The second-order valence-corrected chi connectivity index (χ2v) is 6.29. The highest BCUT2D eigenvalue weighted by Gasteiger charge is 2.15. The Morgan fingerprint density at radius 1 is 1.19 bits per heavy atom. The van der Waals surface area contributed by atoms with Crippen molar-refractivity contribution in [3.63, 3.8) is 0 Å². The summed E-state index contributed by atoms with van der Waals surface area (Å²) >= 11 is 11.6. The van der Waals surface area contributed by atoms with E-state index in [4.69, 9.17) is 23.2 Å². The van der Waals surface area contributed by atoms with Gasteiger partial charge in [-0.3, -0.25) is 19.7 Å². The minimum absolute atomic E-state index is 0.0478. The Hall–Kier alpha value is -2.97. The Bertz CT molecular complexity index is 931. The zero-order valence-electron chi connectivity index (χ0n) is 14.0. The molecule has 2 amide bonds. The van der Waals surface area contributed by atoms with Gasteiger partial charge in [0, 0.05) is 28.1 Å². The van der Waals surface area contributed by atoms with Gasteiger partial charge in [0.15, 0.2) is 0 Å². The lowest BCUT2D eigenvalue weighted by Crippen LogP contribution is -2.21. The lowest BCUT2D eigenvalue weighted by atomic mass is 10.2. The highest BCUT2D eigenvalue weighted by molar-refractivity contribution is 6.33. The molecule has 0 aromatic heterocycles. The fourth-order valence-electron chi connectivity index (χ4n) is 2.05. The zero-order valence-corrected chi connectivity index (χ0v) is 15.5. The van der Waals surface area contributed by atoms with E-state index in [9.17, 15) is 19.7 Å². The Balaban J connectivity index is 1.94. The van der Waals surface area contributed by atoms with E-state index >= 15 is 0 Å². The Morgan fingerprint density at radius 3 is 2.56 bits per heavy atom. The lowest BCUT2D eigenvalue weighted by Gasteiger charge is -2.06. The number of hydrogen-bond acceptors (Lipinski definition) is 5. The standard InChI is InChI=1S/C17H14Cl2N4O4/c1-10(7-16(24)20-13-4-2-3-12(18)9-13)21-22-17(25)11-5-6-15(23(26)27)14(19)8-11/h2-6,8-9H,7H2,1H3,(H,20,24)(H,22,25)/b21-10+. The molecule has 27 heavy (non-hydrogen) atoms. The number of nitrogens with one attached hydrogen (secondary N) is 2. The Morgan fingerprint density at radius 2 is 1.93 bits per heavy atom. The first-order valence-electron chi connectivity index (χ1n) is 7.59. The van der Waals surface area contributed by atoms with E-state index in [0.29, 0.717) is 16.4 Å². The van der Waals surface area contributed by atoms with Crippen LogP contribution in [0.25, 0.3) is 0 Å². The molecule has 2 aromatic rings. The van der Waals surface area contributed by atoms with Gasteiger partial charge in [0.1, 0.15) is 5.02 Å². The minimum Gasteiger partial charge on any atom is -0.326 e. The molecule has 0 aliphatic heterocycles. The number of nitrogens with zero attached hydrogens (tertiary/aromatic N) is 2. The number of amides is 2. The average molecular weight is 409 g/mol. The Kier molecular flexibility index (Phi) is 6.86. The highest BCUT2D eigenvalue weighted by Crippen LogP contribution is 2.24. The number of hydrazone groups is 1. The summed E-state index contributed by atoms with van der Waals surface area (Å²) in [5.74, 6) is -0.937. The molecule has 0 heterocycles. The largest absolute Gasteiger partial charge is 0.326 e. The molecule has 0 fully saturated rings. The number of rotatable bonds is 6. The molecule has 2 aromatic carbocycles. The molecule has 0 radical (unpaired) electrons. The number of carbonyl (C=O) groups excluding carboxylic acids is 2. The van der Waals surface area contributed by atoms with Gasteiger partial charge in [-0.25, -0.2) is 5.43 Å². The molecule has 0 saturated carbocycles. The molecule has 140 valence electrons. The van der Waals surface area contributed by atoms with Gasteiger partial charge in [-0.2, -0.15) is 5.10 Å². The monoisotopic (exact) mass is 408 g/mol. The van der Waals surface area contributed by atoms with Gasteiger partial charge >= 0.3 is 0 Å². The van der Waals surface area contributed by atoms with Crippen molar-refractivity contribution in [3.05, 3.63) is 68.2 Å². The van der Waals surface area contributed by atoms with E-state index in [-0.39, 0.29) is 28.6 Å². The minimum atomic E-state index is -0.648. The van der Waals surface area contributed by atoms with Crippen molar-refractivity contribution in [3.8, 4) is 0 Å². The van der Waals surface area contributed by atoms with Gasteiger partial charge in [-0.1, -0.05) is 29.3 Å². The third-order valence-corrected chi connectivity index (χ3v) is 3.82. The van der Waals surface area contributed by atoms with Crippen LogP contribution < -0.4 is 10.7 Å². The van der Waals surface area contributed by atoms with Crippen LogP contribution in [-0.2, 0) is 4.79 Å². The molecule has 8 nitrogen and oxygen atoms in total. The molecule has 0 atom stereocenters. The van der Waals surface area contributed by atoms with Crippen LogP contribution in [0.4, 0.5) is 11.4 Å². The van der Waals surface area contributed by atoms with E-state index in [2.05, 4.69) is 15.8 Å². The second-order valence-electron chi connectivity index (χ2n) is 5.45.